The lowest BCUT2D eigenvalue weighted by Crippen LogP contribution is -1.95. The summed E-state index contributed by atoms with van der Waals surface area (Å²) in [4.78, 5) is 10.6. The molecule has 0 amide bonds. The lowest BCUT2D eigenvalue weighted by atomic mass is 10.1. The third kappa shape index (κ3) is 3.07. The molecular formula is C8H12O2. The Hall–Kier alpha value is -1.05. The van der Waals surface area contributed by atoms with Gasteiger partial charge in [-0.25, -0.2) is 4.79 Å². The van der Waals surface area contributed by atoms with Crippen LogP contribution in [-0.4, -0.2) is 13.1 Å². The van der Waals surface area contributed by atoms with Crippen LogP contribution >= 0.6 is 0 Å². The summed E-state index contributed by atoms with van der Waals surface area (Å²) in [5, 5.41) is 0. The number of carbonyl (C=O) groups excluding carboxylic acids is 1. The normalized spacial score (nSPS) is 10.9. The summed E-state index contributed by atoms with van der Waals surface area (Å²) in [6.07, 6.45) is 1.42. The minimum atomic E-state index is -0.333. The Morgan fingerprint density at radius 2 is 2.00 bits per heavy atom. The number of allylic oxidation sites excluding steroid dienone is 2. The van der Waals surface area contributed by atoms with Crippen molar-refractivity contribution >= 4 is 5.97 Å². The molecule has 0 bridgehead atoms. The summed E-state index contributed by atoms with van der Waals surface area (Å²) < 4.78 is 4.41. The Kier molecular flexibility index (Phi) is 3.47. The summed E-state index contributed by atoms with van der Waals surface area (Å²) in [6.45, 7) is 7.33. The molecule has 0 rings (SSSR count). The molecule has 10 heavy (non-hydrogen) atoms. The van der Waals surface area contributed by atoms with Gasteiger partial charge in [0.15, 0.2) is 0 Å². The Labute approximate surface area is 61.2 Å². The number of ether oxygens (including phenoxy) is 1. The van der Waals surface area contributed by atoms with Gasteiger partial charge in [0.2, 0.25) is 0 Å². The van der Waals surface area contributed by atoms with E-state index in [9.17, 15) is 4.79 Å². The molecule has 0 saturated heterocycles. The van der Waals surface area contributed by atoms with Crippen molar-refractivity contribution in [2.75, 3.05) is 7.11 Å². The molecule has 2 heteroatoms. The van der Waals surface area contributed by atoms with Gasteiger partial charge in [0.25, 0.3) is 0 Å². The van der Waals surface area contributed by atoms with Crippen molar-refractivity contribution in [2.45, 2.75) is 13.8 Å². The summed E-state index contributed by atoms with van der Waals surface area (Å²) in [5.74, 6) is -0.333. The first-order chi connectivity index (χ1) is 4.57. The van der Waals surface area contributed by atoms with E-state index in [-0.39, 0.29) is 5.97 Å². The number of esters is 1. The zero-order chi connectivity index (χ0) is 8.15. The maximum atomic E-state index is 10.6. The zero-order valence-corrected chi connectivity index (χ0v) is 6.60. The SMILES string of the molecule is C=C(C)/C(C)=C/C(=O)OC. The molecule has 0 heterocycles. The number of carbonyl (C=O) groups is 1. The van der Waals surface area contributed by atoms with E-state index in [1.54, 1.807) is 0 Å². The molecule has 0 saturated carbocycles. The topological polar surface area (TPSA) is 26.3 Å². The summed E-state index contributed by atoms with van der Waals surface area (Å²) in [6, 6.07) is 0. The monoisotopic (exact) mass is 140 g/mol. The van der Waals surface area contributed by atoms with E-state index in [1.807, 2.05) is 13.8 Å². The maximum absolute atomic E-state index is 10.6. The van der Waals surface area contributed by atoms with E-state index in [0.717, 1.165) is 11.1 Å². The van der Waals surface area contributed by atoms with Crippen molar-refractivity contribution in [1.82, 2.24) is 0 Å². The Morgan fingerprint density at radius 1 is 1.50 bits per heavy atom. The molecule has 0 aliphatic carbocycles. The predicted octanol–water partition coefficient (Wildman–Crippen LogP) is 1.68. The molecule has 0 aliphatic heterocycles. The molecule has 0 atom stereocenters. The molecule has 0 aliphatic rings. The average Bonchev–Trinajstić information content (AvgIpc) is 1.87. The second-order valence-corrected chi connectivity index (χ2v) is 2.13. The standard InChI is InChI=1S/C8H12O2/c1-6(2)7(3)5-8(9)10-4/h5H,1H2,2-4H3/b7-5+. The highest BCUT2D eigenvalue weighted by atomic mass is 16.5. The van der Waals surface area contributed by atoms with Crippen molar-refractivity contribution < 1.29 is 9.53 Å². The van der Waals surface area contributed by atoms with Crippen molar-refractivity contribution in [2.24, 2.45) is 0 Å². The Morgan fingerprint density at radius 3 is 2.30 bits per heavy atom. The smallest absolute Gasteiger partial charge is 0.330 e. The van der Waals surface area contributed by atoms with Crippen molar-refractivity contribution in [3.05, 3.63) is 23.8 Å². The lowest BCUT2D eigenvalue weighted by molar-refractivity contribution is -0.134. The molecule has 0 spiro atoms. The molecule has 0 N–H and O–H groups in total. The molecule has 0 radical (unpaired) electrons. The molecule has 0 aromatic rings. The van der Waals surface area contributed by atoms with Crippen molar-refractivity contribution in [3.8, 4) is 0 Å². The number of rotatable bonds is 2. The second-order valence-electron chi connectivity index (χ2n) is 2.13. The van der Waals surface area contributed by atoms with E-state index in [0.29, 0.717) is 0 Å². The third-order valence-electron chi connectivity index (χ3n) is 1.21. The molecule has 0 unspecified atom stereocenters. The number of methoxy groups -OCH3 is 1. The fraction of sp³-hybridized carbons (Fsp3) is 0.375. The largest absolute Gasteiger partial charge is 0.466 e. The Balaban J connectivity index is 4.16. The van der Waals surface area contributed by atoms with Crippen LogP contribution in [0.15, 0.2) is 23.8 Å². The average molecular weight is 140 g/mol. The van der Waals surface area contributed by atoms with E-state index in [4.69, 9.17) is 0 Å². The minimum absolute atomic E-state index is 0.333. The van der Waals surface area contributed by atoms with Gasteiger partial charge < -0.3 is 4.74 Å². The van der Waals surface area contributed by atoms with Crippen LogP contribution in [0.4, 0.5) is 0 Å². The van der Waals surface area contributed by atoms with Crippen LogP contribution in [0.1, 0.15) is 13.8 Å². The first-order valence-corrected chi connectivity index (χ1v) is 3.00. The highest BCUT2D eigenvalue weighted by Crippen LogP contribution is 2.03. The first-order valence-electron chi connectivity index (χ1n) is 3.00. The van der Waals surface area contributed by atoms with Gasteiger partial charge in [-0.1, -0.05) is 12.2 Å². The van der Waals surface area contributed by atoms with E-state index < -0.39 is 0 Å². The predicted molar refractivity (Wildman–Crippen MR) is 40.6 cm³/mol. The fourth-order valence-corrected chi connectivity index (χ4v) is 0.359. The van der Waals surface area contributed by atoms with Gasteiger partial charge in [-0.3, -0.25) is 0 Å². The van der Waals surface area contributed by atoms with Crippen LogP contribution in [0.3, 0.4) is 0 Å². The molecular weight excluding hydrogens is 128 g/mol. The fourth-order valence-electron chi connectivity index (χ4n) is 0.359. The molecule has 0 aromatic carbocycles. The van der Waals surface area contributed by atoms with Gasteiger partial charge in [-0.2, -0.15) is 0 Å². The summed E-state index contributed by atoms with van der Waals surface area (Å²) in [5.41, 5.74) is 1.73. The van der Waals surface area contributed by atoms with E-state index in [1.165, 1.54) is 13.2 Å². The van der Waals surface area contributed by atoms with Crippen LogP contribution in [0.25, 0.3) is 0 Å². The summed E-state index contributed by atoms with van der Waals surface area (Å²) >= 11 is 0. The highest BCUT2D eigenvalue weighted by molar-refractivity contribution is 5.83. The Bertz CT molecular complexity index is 178. The van der Waals surface area contributed by atoms with Gasteiger partial charge in [0.1, 0.15) is 0 Å². The number of hydrogen-bond acceptors (Lipinski definition) is 2. The van der Waals surface area contributed by atoms with E-state index in [2.05, 4.69) is 11.3 Å². The van der Waals surface area contributed by atoms with Crippen molar-refractivity contribution in [1.29, 1.82) is 0 Å². The quantitative estimate of drug-likeness (QED) is 0.331. The van der Waals surface area contributed by atoms with Gasteiger partial charge in [0, 0.05) is 6.08 Å². The van der Waals surface area contributed by atoms with Crippen LogP contribution in [0.5, 0.6) is 0 Å². The van der Waals surface area contributed by atoms with Gasteiger partial charge in [-0.15, -0.1) is 0 Å². The van der Waals surface area contributed by atoms with E-state index >= 15 is 0 Å². The van der Waals surface area contributed by atoms with Gasteiger partial charge >= 0.3 is 5.97 Å². The molecule has 0 fully saturated rings. The first kappa shape index (κ1) is 8.95. The summed E-state index contributed by atoms with van der Waals surface area (Å²) in [7, 11) is 1.35. The lowest BCUT2D eigenvalue weighted by Gasteiger charge is -1.96. The minimum Gasteiger partial charge on any atom is -0.466 e. The maximum Gasteiger partial charge on any atom is 0.330 e. The van der Waals surface area contributed by atoms with Crippen molar-refractivity contribution in [3.63, 3.8) is 0 Å². The molecule has 0 aromatic heterocycles. The zero-order valence-electron chi connectivity index (χ0n) is 6.60. The van der Waals surface area contributed by atoms with Crippen LogP contribution < -0.4 is 0 Å². The molecule has 56 valence electrons. The van der Waals surface area contributed by atoms with Gasteiger partial charge in [0.05, 0.1) is 7.11 Å². The second kappa shape index (κ2) is 3.88. The third-order valence-corrected chi connectivity index (χ3v) is 1.21. The van der Waals surface area contributed by atoms with Gasteiger partial charge in [-0.05, 0) is 19.4 Å². The highest BCUT2D eigenvalue weighted by Gasteiger charge is 1.95. The van der Waals surface area contributed by atoms with Crippen LogP contribution in [0, 0.1) is 0 Å². The molecule has 2 nitrogen and oxygen atoms in total. The van der Waals surface area contributed by atoms with Crippen LogP contribution in [-0.2, 0) is 9.53 Å². The number of hydrogen-bond donors (Lipinski definition) is 0. The van der Waals surface area contributed by atoms with Crippen LogP contribution in [0.2, 0.25) is 0 Å².